The van der Waals surface area contributed by atoms with Crippen molar-refractivity contribution < 1.29 is 9.90 Å². The Balaban J connectivity index is 2.23. The summed E-state index contributed by atoms with van der Waals surface area (Å²) in [6.45, 7) is 1.97. The van der Waals surface area contributed by atoms with Gasteiger partial charge in [0, 0.05) is 23.2 Å². The van der Waals surface area contributed by atoms with Gasteiger partial charge in [0.2, 0.25) is 0 Å². The molecule has 2 aromatic heterocycles. The number of fused-ring (bicyclic) bond motifs is 1. The molecule has 0 fully saturated rings. The number of hydrogen-bond acceptors (Lipinski definition) is 2. The summed E-state index contributed by atoms with van der Waals surface area (Å²) in [5, 5.41) is 10.1. The maximum absolute atomic E-state index is 11.0. The van der Waals surface area contributed by atoms with Crippen molar-refractivity contribution in [3.05, 3.63) is 57.8 Å². The van der Waals surface area contributed by atoms with Crippen molar-refractivity contribution in [2.24, 2.45) is 0 Å². The molecule has 0 aliphatic heterocycles. The van der Waals surface area contributed by atoms with Gasteiger partial charge in [-0.15, -0.1) is 0 Å². The SMILES string of the molecule is Cc1cccn2c(CCC(=O)O)c(-c3ccc(Cl)cc3Cl)nc12. The first-order chi connectivity index (χ1) is 11.0. The maximum Gasteiger partial charge on any atom is 0.303 e. The molecular formula is C17H14Cl2N2O2. The molecule has 0 radical (unpaired) electrons. The molecule has 0 aliphatic carbocycles. The van der Waals surface area contributed by atoms with E-state index in [4.69, 9.17) is 33.3 Å². The third kappa shape index (κ3) is 3.05. The van der Waals surface area contributed by atoms with Gasteiger partial charge in [0.1, 0.15) is 5.65 Å². The Hall–Kier alpha value is -2.04. The Bertz CT molecular complexity index is 903. The lowest BCUT2D eigenvalue weighted by Gasteiger charge is -2.06. The highest BCUT2D eigenvalue weighted by Crippen LogP contribution is 2.33. The molecule has 1 aromatic carbocycles. The van der Waals surface area contributed by atoms with E-state index in [1.165, 1.54) is 0 Å². The molecule has 2 heterocycles. The fourth-order valence-corrected chi connectivity index (χ4v) is 3.11. The fourth-order valence-electron chi connectivity index (χ4n) is 2.61. The average Bonchev–Trinajstić information content (AvgIpc) is 2.85. The first-order valence-corrected chi connectivity index (χ1v) is 7.86. The normalized spacial score (nSPS) is 11.1. The van der Waals surface area contributed by atoms with E-state index in [1.54, 1.807) is 12.1 Å². The van der Waals surface area contributed by atoms with Crippen molar-refractivity contribution in [3.63, 3.8) is 0 Å². The van der Waals surface area contributed by atoms with E-state index in [1.807, 2.05) is 35.7 Å². The Morgan fingerprint density at radius 3 is 2.78 bits per heavy atom. The number of carbonyl (C=O) groups is 1. The zero-order valence-corrected chi connectivity index (χ0v) is 13.9. The number of carboxylic acids is 1. The van der Waals surface area contributed by atoms with Crippen LogP contribution in [0.3, 0.4) is 0 Å². The first-order valence-electron chi connectivity index (χ1n) is 7.11. The zero-order chi connectivity index (χ0) is 16.6. The molecule has 3 rings (SSSR count). The van der Waals surface area contributed by atoms with E-state index in [0.717, 1.165) is 22.5 Å². The van der Waals surface area contributed by atoms with Gasteiger partial charge < -0.3 is 9.51 Å². The lowest BCUT2D eigenvalue weighted by Crippen LogP contribution is -2.01. The van der Waals surface area contributed by atoms with Crippen LogP contribution in [0.2, 0.25) is 10.0 Å². The maximum atomic E-state index is 11.0. The van der Waals surface area contributed by atoms with Crippen LogP contribution in [0.25, 0.3) is 16.9 Å². The molecule has 0 atom stereocenters. The minimum atomic E-state index is -0.847. The smallest absolute Gasteiger partial charge is 0.303 e. The molecule has 0 bridgehead atoms. The second-order valence-corrected chi connectivity index (χ2v) is 6.15. The van der Waals surface area contributed by atoms with E-state index in [0.29, 0.717) is 22.2 Å². The molecule has 1 N–H and O–H groups in total. The third-order valence-electron chi connectivity index (χ3n) is 3.71. The Labute approximate surface area is 143 Å². The number of pyridine rings is 1. The number of carboxylic acid groups (broad SMARTS) is 1. The predicted octanol–water partition coefficient (Wildman–Crippen LogP) is 4.63. The van der Waals surface area contributed by atoms with E-state index >= 15 is 0 Å². The van der Waals surface area contributed by atoms with Crippen molar-refractivity contribution in [2.75, 3.05) is 0 Å². The van der Waals surface area contributed by atoms with Gasteiger partial charge in [-0.05, 0) is 36.8 Å². The summed E-state index contributed by atoms with van der Waals surface area (Å²) in [6.07, 6.45) is 2.29. The highest BCUT2D eigenvalue weighted by Gasteiger charge is 2.18. The van der Waals surface area contributed by atoms with Gasteiger partial charge in [-0.1, -0.05) is 29.3 Å². The zero-order valence-electron chi connectivity index (χ0n) is 12.4. The van der Waals surface area contributed by atoms with Crippen LogP contribution in [0.1, 0.15) is 17.7 Å². The Kier molecular flexibility index (Phi) is 4.28. The number of aliphatic carboxylic acids is 1. The number of aromatic nitrogens is 2. The van der Waals surface area contributed by atoms with Gasteiger partial charge in [-0.3, -0.25) is 4.79 Å². The van der Waals surface area contributed by atoms with E-state index in [9.17, 15) is 4.79 Å². The second-order valence-electron chi connectivity index (χ2n) is 5.31. The fraction of sp³-hybridized carbons (Fsp3) is 0.176. The monoisotopic (exact) mass is 348 g/mol. The Morgan fingerprint density at radius 2 is 2.09 bits per heavy atom. The van der Waals surface area contributed by atoms with Gasteiger partial charge in [-0.25, -0.2) is 4.98 Å². The van der Waals surface area contributed by atoms with Crippen molar-refractivity contribution in [1.82, 2.24) is 9.38 Å². The van der Waals surface area contributed by atoms with Crippen LogP contribution >= 0.6 is 23.2 Å². The molecule has 0 amide bonds. The third-order valence-corrected chi connectivity index (χ3v) is 4.25. The number of benzene rings is 1. The van der Waals surface area contributed by atoms with Crippen LogP contribution in [-0.2, 0) is 11.2 Å². The van der Waals surface area contributed by atoms with E-state index < -0.39 is 5.97 Å². The van der Waals surface area contributed by atoms with Crippen LogP contribution in [0, 0.1) is 6.92 Å². The number of aryl methyl sites for hydroxylation is 2. The van der Waals surface area contributed by atoms with Crippen LogP contribution in [0.15, 0.2) is 36.5 Å². The molecular weight excluding hydrogens is 335 g/mol. The predicted molar refractivity (Wildman–Crippen MR) is 91.3 cm³/mol. The summed E-state index contributed by atoms with van der Waals surface area (Å²) >= 11 is 12.3. The van der Waals surface area contributed by atoms with E-state index in [2.05, 4.69) is 0 Å². The van der Waals surface area contributed by atoms with Gasteiger partial charge >= 0.3 is 5.97 Å². The summed E-state index contributed by atoms with van der Waals surface area (Å²) in [5.74, 6) is -0.847. The molecule has 23 heavy (non-hydrogen) atoms. The van der Waals surface area contributed by atoms with Gasteiger partial charge in [0.25, 0.3) is 0 Å². The summed E-state index contributed by atoms with van der Waals surface area (Å²) in [4.78, 5) is 15.7. The molecule has 0 aliphatic rings. The molecule has 4 nitrogen and oxygen atoms in total. The first kappa shape index (κ1) is 15.8. The number of nitrogens with zero attached hydrogens (tertiary/aromatic N) is 2. The number of rotatable bonds is 4. The van der Waals surface area contributed by atoms with Gasteiger partial charge in [0.05, 0.1) is 22.8 Å². The topological polar surface area (TPSA) is 54.6 Å². The molecule has 0 spiro atoms. The largest absolute Gasteiger partial charge is 0.481 e. The van der Waals surface area contributed by atoms with Crippen molar-refractivity contribution in [1.29, 1.82) is 0 Å². The molecule has 3 aromatic rings. The highest BCUT2D eigenvalue weighted by atomic mass is 35.5. The summed E-state index contributed by atoms with van der Waals surface area (Å²) in [5.41, 5.74) is 4.09. The summed E-state index contributed by atoms with van der Waals surface area (Å²) in [6, 6.07) is 9.11. The van der Waals surface area contributed by atoms with Crippen molar-refractivity contribution in [2.45, 2.75) is 19.8 Å². The molecule has 0 unspecified atom stereocenters. The lowest BCUT2D eigenvalue weighted by atomic mass is 10.1. The van der Waals surface area contributed by atoms with Crippen molar-refractivity contribution >= 4 is 34.8 Å². The number of imidazole rings is 1. The summed E-state index contributed by atoms with van der Waals surface area (Å²) < 4.78 is 1.93. The average molecular weight is 349 g/mol. The summed E-state index contributed by atoms with van der Waals surface area (Å²) in [7, 11) is 0. The van der Waals surface area contributed by atoms with Crippen molar-refractivity contribution in [3.8, 4) is 11.3 Å². The molecule has 118 valence electrons. The van der Waals surface area contributed by atoms with Gasteiger partial charge in [0.15, 0.2) is 0 Å². The Morgan fingerprint density at radius 1 is 1.30 bits per heavy atom. The molecule has 0 saturated heterocycles. The molecule has 0 saturated carbocycles. The highest BCUT2D eigenvalue weighted by molar-refractivity contribution is 6.36. The standard InChI is InChI=1S/C17H14Cl2N2O2/c1-10-3-2-8-21-14(6-7-15(22)23)16(20-17(10)21)12-5-4-11(18)9-13(12)19/h2-5,8-9H,6-7H2,1H3,(H,22,23). The van der Waals surface area contributed by atoms with Crippen LogP contribution in [-0.4, -0.2) is 20.5 Å². The van der Waals surface area contributed by atoms with E-state index in [-0.39, 0.29) is 6.42 Å². The minimum Gasteiger partial charge on any atom is -0.481 e. The number of hydrogen-bond donors (Lipinski definition) is 1. The van der Waals surface area contributed by atoms with Gasteiger partial charge in [-0.2, -0.15) is 0 Å². The molecule has 6 heteroatoms. The van der Waals surface area contributed by atoms with Crippen LogP contribution < -0.4 is 0 Å². The van der Waals surface area contributed by atoms with Crippen LogP contribution in [0.4, 0.5) is 0 Å². The lowest BCUT2D eigenvalue weighted by molar-refractivity contribution is -0.136. The second kappa shape index (κ2) is 6.22. The number of halogens is 2. The van der Waals surface area contributed by atoms with Crippen LogP contribution in [0.5, 0.6) is 0 Å². The minimum absolute atomic E-state index is 0.0277. The quantitative estimate of drug-likeness (QED) is 0.747.